The third-order valence-electron chi connectivity index (χ3n) is 5.50. The van der Waals surface area contributed by atoms with E-state index in [0.29, 0.717) is 12.8 Å². The van der Waals surface area contributed by atoms with E-state index in [0.717, 1.165) is 11.1 Å². The van der Waals surface area contributed by atoms with E-state index < -0.39 is 18.0 Å². The molecule has 0 bridgehead atoms. The van der Waals surface area contributed by atoms with Crippen molar-refractivity contribution < 1.29 is 24.3 Å². The van der Waals surface area contributed by atoms with E-state index in [-0.39, 0.29) is 37.3 Å². The van der Waals surface area contributed by atoms with Gasteiger partial charge in [0.2, 0.25) is 11.8 Å². The van der Waals surface area contributed by atoms with Gasteiger partial charge in [-0.25, -0.2) is 10.3 Å². The van der Waals surface area contributed by atoms with Gasteiger partial charge >= 0.3 is 6.09 Å². The lowest BCUT2D eigenvalue weighted by atomic mass is 9.92. The number of hydrogen-bond acceptors (Lipinski definition) is 5. The number of carbonyl (C=O) groups is 3. The maximum atomic E-state index is 13.3. The van der Waals surface area contributed by atoms with Crippen LogP contribution >= 0.6 is 0 Å². The Labute approximate surface area is 201 Å². The molecule has 0 aliphatic heterocycles. The van der Waals surface area contributed by atoms with Crippen LogP contribution in [-0.2, 0) is 27.4 Å². The highest BCUT2D eigenvalue weighted by atomic mass is 16.6. The molecule has 184 valence electrons. The van der Waals surface area contributed by atoms with Gasteiger partial charge in [-0.15, -0.1) is 0 Å². The largest absolute Gasteiger partial charge is 0.445 e. The average Bonchev–Trinajstić information content (AvgIpc) is 2.84. The molecule has 0 unspecified atom stereocenters. The monoisotopic (exact) mass is 469 g/mol. The summed E-state index contributed by atoms with van der Waals surface area (Å²) in [6.45, 7) is 4.22. The third-order valence-corrected chi connectivity index (χ3v) is 5.50. The lowest BCUT2D eigenvalue weighted by Crippen LogP contribution is -2.52. The third kappa shape index (κ3) is 8.86. The van der Waals surface area contributed by atoms with Crippen LogP contribution in [0.25, 0.3) is 0 Å². The Morgan fingerprint density at radius 2 is 1.56 bits per heavy atom. The standard InChI is InChI=1S/C26H35N3O5/c1-19(2)14-22(16-24(30)28-33)17-29(26(32)34-18-21-12-8-5-9-13-21)23(25(31)27-3)15-20-10-6-4-7-11-20/h4-13,19,22-23,33H,14-18H2,1-3H3,(H,27,31)(H,28,30)/t22-,23+/m1/s1. The molecule has 0 saturated carbocycles. The van der Waals surface area contributed by atoms with Gasteiger partial charge in [0.25, 0.3) is 0 Å². The first kappa shape index (κ1) is 26.9. The second-order valence-electron chi connectivity index (χ2n) is 8.75. The van der Waals surface area contributed by atoms with Crippen molar-refractivity contribution in [3.05, 3.63) is 71.8 Å². The zero-order chi connectivity index (χ0) is 24.9. The number of nitrogens with zero attached hydrogens (tertiary/aromatic N) is 1. The van der Waals surface area contributed by atoms with Crippen molar-refractivity contribution in [3.63, 3.8) is 0 Å². The molecule has 8 heteroatoms. The van der Waals surface area contributed by atoms with Crippen LogP contribution in [0.3, 0.4) is 0 Å². The molecule has 0 heterocycles. The molecule has 3 N–H and O–H groups in total. The van der Waals surface area contributed by atoms with E-state index in [1.165, 1.54) is 11.9 Å². The molecule has 0 spiro atoms. The molecule has 2 aromatic carbocycles. The summed E-state index contributed by atoms with van der Waals surface area (Å²) in [7, 11) is 1.53. The highest BCUT2D eigenvalue weighted by molar-refractivity contribution is 5.86. The van der Waals surface area contributed by atoms with E-state index in [1.807, 2.05) is 74.5 Å². The molecule has 2 atom stereocenters. The Bertz CT molecular complexity index is 905. The summed E-state index contributed by atoms with van der Waals surface area (Å²) < 4.78 is 5.60. The summed E-state index contributed by atoms with van der Waals surface area (Å²) >= 11 is 0. The van der Waals surface area contributed by atoms with E-state index in [4.69, 9.17) is 9.94 Å². The zero-order valence-corrected chi connectivity index (χ0v) is 20.1. The van der Waals surface area contributed by atoms with Crippen LogP contribution in [0.2, 0.25) is 0 Å². The minimum Gasteiger partial charge on any atom is -0.445 e. The SMILES string of the molecule is CNC(=O)[C@H](Cc1ccccc1)N(C[C@@H](CC(=O)NO)CC(C)C)C(=O)OCc1ccccc1. The summed E-state index contributed by atoms with van der Waals surface area (Å²) in [5.74, 6) is -0.899. The minimum absolute atomic E-state index is 0.0168. The van der Waals surface area contributed by atoms with Crippen molar-refractivity contribution in [2.24, 2.45) is 11.8 Å². The van der Waals surface area contributed by atoms with Gasteiger partial charge in [0.05, 0.1) is 0 Å². The normalized spacial score (nSPS) is 12.5. The fraction of sp³-hybridized carbons (Fsp3) is 0.423. The molecule has 2 aromatic rings. The number of carbonyl (C=O) groups excluding carboxylic acids is 3. The Kier molecular flexibility index (Phi) is 11.1. The van der Waals surface area contributed by atoms with Crippen LogP contribution in [0.15, 0.2) is 60.7 Å². The van der Waals surface area contributed by atoms with E-state index >= 15 is 0 Å². The minimum atomic E-state index is -0.831. The van der Waals surface area contributed by atoms with E-state index in [9.17, 15) is 14.4 Å². The molecule has 2 rings (SSSR count). The first-order valence-electron chi connectivity index (χ1n) is 11.5. The van der Waals surface area contributed by atoms with Gasteiger partial charge in [-0.05, 0) is 29.4 Å². The van der Waals surface area contributed by atoms with Crippen molar-refractivity contribution in [3.8, 4) is 0 Å². The summed E-state index contributed by atoms with van der Waals surface area (Å²) in [4.78, 5) is 39.6. The first-order chi connectivity index (χ1) is 16.3. The fourth-order valence-electron chi connectivity index (χ4n) is 3.95. The van der Waals surface area contributed by atoms with Crippen molar-refractivity contribution in [2.45, 2.75) is 45.8 Å². The number of benzene rings is 2. The van der Waals surface area contributed by atoms with Gasteiger partial charge in [-0.3, -0.25) is 19.7 Å². The summed E-state index contributed by atoms with van der Waals surface area (Å²) in [6.07, 6.45) is 0.304. The predicted octanol–water partition coefficient (Wildman–Crippen LogP) is 3.54. The average molecular weight is 470 g/mol. The molecule has 8 nitrogen and oxygen atoms in total. The van der Waals surface area contributed by atoms with Gasteiger partial charge in [0.15, 0.2) is 0 Å². The van der Waals surface area contributed by atoms with Crippen molar-refractivity contribution in [1.82, 2.24) is 15.7 Å². The zero-order valence-electron chi connectivity index (χ0n) is 20.1. The van der Waals surface area contributed by atoms with Crippen LogP contribution < -0.4 is 10.8 Å². The number of hydroxylamine groups is 1. The lowest BCUT2D eigenvalue weighted by Gasteiger charge is -2.33. The van der Waals surface area contributed by atoms with Crippen molar-refractivity contribution >= 4 is 17.9 Å². The number of nitrogens with one attached hydrogen (secondary N) is 2. The Morgan fingerprint density at radius 1 is 0.971 bits per heavy atom. The van der Waals surface area contributed by atoms with E-state index in [1.54, 1.807) is 5.48 Å². The molecule has 0 radical (unpaired) electrons. The maximum Gasteiger partial charge on any atom is 0.410 e. The van der Waals surface area contributed by atoms with Gasteiger partial charge in [0.1, 0.15) is 12.6 Å². The lowest BCUT2D eigenvalue weighted by molar-refractivity contribution is -0.130. The Hall–Kier alpha value is -3.39. The van der Waals surface area contributed by atoms with Gasteiger partial charge < -0.3 is 10.1 Å². The predicted molar refractivity (Wildman–Crippen MR) is 129 cm³/mol. The molecule has 0 aliphatic rings. The highest BCUT2D eigenvalue weighted by Crippen LogP contribution is 2.21. The van der Waals surface area contributed by atoms with Crippen molar-refractivity contribution in [1.29, 1.82) is 0 Å². The first-order valence-corrected chi connectivity index (χ1v) is 11.5. The second kappa shape index (κ2) is 14.0. The molecule has 0 aromatic heterocycles. The fourth-order valence-corrected chi connectivity index (χ4v) is 3.95. The molecule has 3 amide bonds. The van der Waals surface area contributed by atoms with Gasteiger partial charge in [-0.1, -0.05) is 74.5 Å². The molecule has 0 fully saturated rings. The number of hydrogen-bond donors (Lipinski definition) is 3. The van der Waals surface area contributed by atoms with Gasteiger partial charge in [0, 0.05) is 26.4 Å². The summed E-state index contributed by atoms with van der Waals surface area (Å²) in [6, 6.07) is 17.9. The number of ether oxygens (including phenoxy) is 1. The van der Waals surface area contributed by atoms with Gasteiger partial charge in [-0.2, -0.15) is 0 Å². The topological polar surface area (TPSA) is 108 Å². The van der Waals surface area contributed by atoms with Crippen molar-refractivity contribution in [2.75, 3.05) is 13.6 Å². The molecule has 0 aliphatic carbocycles. The van der Waals surface area contributed by atoms with Crippen LogP contribution in [0.4, 0.5) is 4.79 Å². The number of likely N-dealkylation sites (N-methyl/N-ethyl adjacent to an activating group) is 1. The molecular weight excluding hydrogens is 434 g/mol. The van der Waals surface area contributed by atoms with E-state index in [2.05, 4.69) is 5.32 Å². The molecule has 34 heavy (non-hydrogen) atoms. The maximum absolute atomic E-state index is 13.3. The quantitative estimate of drug-likeness (QED) is 0.326. The summed E-state index contributed by atoms with van der Waals surface area (Å²) in [5.41, 5.74) is 3.39. The molecule has 0 saturated heterocycles. The summed E-state index contributed by atoms with van der Waals surface area (Å²) in [5, 5.41) is 11.7. The van der Waals surface area contributed by atoms with Crippen LogP contribution in [0.5, 0.6) is 0 Å². The second-order valence-corrected chi connectivity index (χ2v) is 8.75. The van der Waals surface area contributed by atoms with Crippen LogP contribution in [-0.4, -0.2) is 47.6 Å². The highest BCUT2D eigenvalue weighted by Gasteiger charge is 2.33. The Morgan fingerprint density at radius 3 is 2.09 bits per heavy atom. The molecular formula is C26H35N3O5. The Balaban J connectivity index is 2.33. The van der Waals surface area contributed by atoms with Crippen LogP contribution in [0.1, 0.15) is 37.8 Å². The van der Waals surface area contributed by atoms with Crippen LogP contribution in [0, 0.1) is 11.8 Å². The smallest absolute Gasteiger partial charge is 0.410 e. The number of rotatable bonds is 12. The number of amides is 3.